The molecule has 0 saturated heterocycles. The van der Waals surface area contributed by atoms with Crippen LogP contribution >= 0.6 is 58.2 Å². The Labute approximate surface area is 120 Å². The molecular formula is C8H7ClN4S4. The number of halogens is 1. The number of aromatic nitrogens is 4. The highest BCUT2D eigenvalue weighted by atomic mass is 35.5. The molecule has 0 saturated carbocycles. The van der Waals surface area contributed by atoms with Gasteiger partial charge in [-0.05, 0) is 24.3 Å². The van der Waals surface area contributed by atoms with E-state index in [1.807, 2.05) is 12.5 Å². The Kier molecular flexibility index (Phi) is 4.92. The first-order chi connectivity index (χ1) is 8.21. The van der Waals surface area contributed by atoms with Crippen molar-refractivity contribution >= 4 is 58.2 Å². The third-order valence-corrected chi connectivity index (χ3v) is 5.20. The summed E-state index contributed by atoms with van der Waals surface area (Å²) < 4.78 is 1.80. The molecule has 0 spiro atoms. The van der Waals surface area contributed by atoms with Gasteiger partial charge < -0.3 is 0 Å². The van der Waals surface area contributed by atoms with Gasteiger partial charge >= 0.3 is 0 Å². The summed E-state index contributed by atoms with van der Waals surface area (Å²) in [4.78, 5) is 8.43. The maximum absolute atomic E-state index is 5.91. The maximum Gasteiger partial charge on any atom is 0.189 e. The standard InChI is InChI=1S/C8H7ClN4S4/c1-14-6-10-4(9)3-5(11-6)16-8-13-12-7(15-2)17-8/h3H,1-2H3. The van der Waals surface area contributed by atoms with Crippen LogP contribution in [-0.4, -0.2) is 32.7 Å². The molecule has 0 N–H and O–H groups in total. The van der Waals surface area contributed by atoms with Crippen molar-refractivity contribution in [3.05, 3.63) is 11.2 Å². The Hall–Kier alpha value is -0.0200. The van der Waals surface area contributed by atoms with Crippen LogP contribution in [0.4, 0.5) is 0 Å². The topological polar surface area (TPSA) is 51.6 Å². The number of hydrogen-bond donors (Lipinski definition) is 0. The van der Waals surface area contributed by atoms with Crippen molar-refractivity contribution in [1.82, 2.24) is 20.2 Å². The first-order valence-corrected chi connectivity index (χ1v) is 8.81. The molecular weight excluding hydrogens is 316 g/mol. The lowest BCUT2D eigenvalue weighted by Gasteiger charge is -1.99. The van der Waals surface area contributed by atoms with Crippen LogP contribution in [0, 0.1) is 0 Å². The summed E-state index contributed by atoms with van der Waals surface area (Å²) >= 11 is 11.9. The number of hydrogen-bond acceptors (Lipinski definition) is 8. The summed E-state index contributed by atoms with van der Waals surface area (Å²) in [6.45, 7) is 0. The summed E-state index contributed by atoms with van der Waals surface area (Å²) in [5, 5.41) is 9.99. The molecule has 2 rings (SSSR count). The molecule has 0 fully saturated rings. The van der Waals surface area contributed by atoms with Crippen molar-refractivity contribution in [3.8, 4) is 0 Å². The van der Waals surface area contributed by atoms with E-state index in [-0.39, 0.29) is 0 Å². The largest absolute Gasteiger partial charge is 0.216 e. The van der Waals surface area contributed by atoms with E-state index in [1.54, 1.807) is 29.2 Å². The Morgan fingerprint density at radius 2 is 1.88 bits per heavy atom. The second-order valence-corrected chi connectivity index (χ2v) is 7.11. The van der Waals surface area contributed by atoms with E-state index in [1.165, 1.54) is 23.5 Å². The van der Waals surface area contributed by atoms with E-state index in [0.29, 0.717) is 10.3 Å². The third kappa shape index (κ3) is 3.72. The van der Waals surface area contributed by atoms with Crippen LogP contribution in [0.3, 0.4) is 0 Å². The zero-order valence-electron chi connectivity index (χ0n) is 8.88. The first-order valence-electron chi connectivity index (χ1n) is 4.35. The van der Waals surface area contributed by atoms with Crippen molar-refractivity contribution in [2.24, 2.45) is 0 Å². The average molecular weight is 323 g/mol. The van der Waals surface area contributed by atoms with Crippen molar-refractivity contribution < 1.29 is 0 Å². The fourth-order valence-electron chi connectivity index (χ4n) is 0.931. The van der Waals surface area contributed by atoms with E-state index in [9.17, 15) is 0 Å². The molecule has 2 aromatic rings. The van der Waals surface area contributed by atoms with Gasteiger partial charge in [-0.2, -0.15) is 0 Å². The van der Waals surface area contributed by atoms with Crippen LogP contribution < -0.4 is 0 Å². The molecule has 0 aliphatic carbocycles. The lowest BCUT2D eigenvalue weighted by molar-refractivity contribution is 0.890. The molecule has 0 unspecified atom stereocenters. The lowest BCUT2D eigenvalue weighted by atomic mass is 10.7. The molecule has 17 heavy (non-hydrogen) atoms. The van der Waals surface area contributed by atoms with Crippen LogP contribution in [0.2, 0.25) is 5.15 Å². The molecule has 0 amide bonds. The summed E-state index contributed by atoms with van der Waals surface area (Å²) in [6.07, 6.45) is 3.89. The van der Waals surface area contributed by atoms with Gasteiger partial charge in [-0.25, -0.2) is 9.97 Å². The Bertz CT molecular complexity index is 518. The van der Waals surface area contributed by atoms with Gasteiger partial charge in [0, 0.05) is 6.07 Å². The van der Waals surface area contributed by atoms with Gasteiger partial charge in [-0.15, -0.1) is 10.2 Å². The van der Waals surface area contributed by atoms with Crippen LogP contribution in [0.1, 0.15) is 0 Å². The van der Waals surface area contributed by atoms with Crippen LogP contribution in [0.15, 0.2) is 24.9 Å². The fourth-order valence-corrected chi connectivity index (χ4v) is 4.05. The normalized spacial score (nSPS) is 10.8. The van der Waals surface area contributed by atoms with E-state index in [2.05, 4.69) is 20.2 Å². The number of thioether (sulfide) groups is 2. The zero-order valence-corrected chi connectivity index (χ0v) is 12.9. The van der Waals surface area contributed by atoms with Crippen LogP contribution in [0.5, 0.6) is 0 Å². The molecule has 0 aromatic carbocycles. The minimum absolute atomic E-state index is 0.446. The fraction of sp³-hybridized carbons (Fsp3) is 0.250. The second-order valence-electron chi connectivity index (χ2n) is 2.66. The van der Waals surface area contributed by atoms with Gasteiger partial charge in [-0.3, -0.25) is 0 Å². The molecule has 2 heterocycles. The maximum atomic E-state index is 5.91. The molecule has 0 bridgehead atoms. The molecule has 0 atom stereocenters. The highest BCUT2D eigenvalue weighted by Gasteiger charge is 2.08. The molecule has 0 radical (unpaired) electrons. The van der Waals surface area contributed by atoms with Crippen molar-refractivity contribution in [2.75, 3.05) is 12.5 Å². The molecule has 2 aromatic heterocycles. The zero-order chi connectivity index (χ0) is 12.3. The summed E-state index contributed by atoms with van der Waals surface area (Å²) in [5.74, 6) is 0. The predicted molar refractivity (Wildman–Crippen MR) is 74.6 cm³/mol. The quantitative estimate of drug-likeness (QED) is 0.484. The smallest absolute Gasteiger partial charge is 0.189 e. The molecule has 0 aliphatic rings. The van der Waals surface area contributed by atoms with Crippen LogP contribution in [0.25, 0.3) is 0 Å². The minimum atomic E-state index is 0.446. The molecule has 90 valence electrons. The summed E-state index contributed by atoms with van der Waals surface area (Å²) in [5.41, 5.74) is 0. The monoisotopic (exact) mass is 322 g/mol. The Morgan fingerprint density at radius 1 is 1.12 bits per heavy atom. The Balaban J connectivity index is 2.20. The Morgan fingerprint density at radius 3 is 2.53 bits per heavy atom. The van der Waals surface area contributed by atoms with E-state index < -0.39 is 0 Å². The lowest BCUT2D eigenvalue weighted by Crippen LogP contribution is -1.88. The number of nitrogens with zero attached hydrogens (tertiary/aromatic N) is 4. The minimum Gasteiger partial charge on any atom is -0.216 e. The van der Waals surface area contributed by atoms with Crippen molar-refractivity contribution in [3.63, 3.8) is 0 Å². The highest BCUT2D eigenvalue weighted by molar-refractivity contribution is 8.03. The molecule has 4 nitrogen and oxygen atoms in total. The first kappa shape index (κ1) is 13.4. The van der Waals surface area contributed by atoms with Crippen molar-refractivity contribution in [1.29, 1.82) is 0 Å². The predicted octanol–water partition coefficient (Wildman–Crippen LogP) is 3.58. The molecule has 0 aliphatic heterocycles. The number of rotatable bonds is 4. The van der Waals surface area contributed by atoms with Gasteiger partial charge in [0.25, 0.3) is 0 Å². The van der Waals surface area contributed by atoms with E-state index in [4.69, 9.17) is 11.6 Å². The van der Waals surface area contributed by atoms with Crippen LogP contribution in [-0.2, 0) is 0 Å². The van der Waals surface area contributed by atoms with E-state index >= 15 is 0 Å². The van der Waals surface area contributed by atoms with Gasteiger partial charge in [-0.1, -0.05) is 46.5 Å². The van der Waals surface area contributed by atoms with Gasteiger partial charge in [0.2, 0.25) is 0 Å². The third-order valence-electron chi connectivity index (χ3n) is 1.59. The van der Waals surface area contributed by atoms with E-state index in [0.717, 1.165) is 13.7 Å². The summed E-state index contributed by atoms with van der Waals surface area (Å²) in [6, 6.07) is 1.73. The van der Waals surface area contributed by atoms with Gasteiger partial charge in [0.15, 0.2) is 13.8 Å². The second kappa shape index (κ2) is 6.24. The van der Waals surface area contributed by atoms with Gasteiger partial charge in [0.1, 0.15) is 10.2 Å². The summed E-state index contributed by atoms with van der Waals surface area (Å²) in [7, 11) is 0. The highest BCUT2D eigenvalue weighted by Crippen LogP contribution is 2.33. The van der Waals surface area contributed by atoms with Crippen molar-refractivity contribution in [2.45, 2.75) is 18.9 Å². The average Bonchev–Trinajstić information content (AvgIpc) is 2.76. The molecule has 9 heteroatoms. The van der Waals surface area contributed by atoms with Gasteiger partial charge in [0.05, 0.1) is 0 Å². The SMILES string of the molecule is CSc1nc(Cl)cc(Sc2nnc(SC)s2)n1.